The van der Waals surface area contributed by atoms with Crippen molar-refractivity contribution < 1.29 is 4.74 Å². The molecule has 0 aromatic heterocycles. The summed E-state index contributed by atoms with van der Waals surface area (Å²) in [5.74, 6) is 1.67. The Hall–Kier alpha value is -0.0800. The molecule has 1 fully saturated rings. The summed E-state index contributed by atoms with van der Waals surface area (Å²) in [5, 5.41) is 3.51. The summed E-state index contributed by atoms with van der Waals surface area (Å²) in [7, 11) is 2.11. The number of ether oxygens (including phenoxy) is 1. The lowest BCUT2D eigenvalue weighted by molar-refractivity contribution is 0.0739. The Morgan fingerprint density at radius 3 is 2.44 bits per heavy atom. The van der Waals surface area contributed by atoms with Gasteiger partial charge in [-0.15, -0.1) is 0 Å². The van der Waals surface area contributed by atoms with Crippen molar-refractivity contribution in [1.82, 2.24) is 5.32 Å². The predicted octanol–water partition coefficient (Wildman–Crippen LogP) is 3.85. The van der Waals surface area contributed by atoms with E-state index in [9.17, 15) is 0 Å². The molecule has 3 atom stereocenters. The zero-order valence-electron chi connectivity index (χ0n) is 13.1. The highest BCUT2D eigenvalue weighted by molar-refractivity contribution is 4.88. The average Bonchev–Trinajstić information content (AvgIpc) is 2.33. The molecule has 18 heavy (non-hydrogen) atoms. The molecule has 1 rings (SSSR count). The van der Waals surface area contributed by atoms with E-state index in [-0.39, 0.29) is 0 Å². The van der Waals surface area contributed by atoms with Crippen LogP contribution in [0, 0.1) is 17.3 Å². The quantitative estimate of drug-likeness (QED) is 0.728. The van der Waals surface area contributed by atoms with E-state index in [1.54, 1.807) is 0 Å². The van der Waals surface area contributed by atoms with Crippen LogP contribution in [0.2, 0.25) is 0 Å². The van der Waals surface area contributed by atoms with Crippen molar-refractivity contribution in [1.29, 1.82) is 0 Å². The molecule has 108 valence electrons. The first kappa shape index (κ1) is 16.0. The van der Waals surface area contributed by atoms with Crippen LogP contribution < -0.4 is 5.32 Å². The van der Waals surface area contributed by atoms with Crippen LogP contribution in [0.25, 0.3) is 0 Å². The third-order valence-corrected chi connectivity index (χ3v) is 4.56. The standard InChI is InChI=1S/C16H33NO/c1-6-10-18-11-9-13-12-14(16(2,3)4)7-8-15(13)17-5/h13-15,17H,6-12H2,1-5H3. The summed E-state index contributed by atoms with van der Waals surface area (Å²) in [6.07, 6.45) is 6.42. The molecular formula is C16H33NO. The molecule has 0 saturated heterocycles. The highest BCUT2D eigenvalue weighted by Crippen LogP contribution is 2.41. The second-order valence-electron chi connectivity index (χ2n) is 6.93. The molecule has 0 aromatic carbocycles. The highest BCUT2D eigenvalue weighted by Gasteiger charge is 2.34. The Kier molecular flexibility index (Phi) is 6.65. The molecule has 0 spiro atoms. The van der Waals surface area contributed by atoms with E-state index in [1.807, 2.05) is 0 Å². The van der Waals surface area contributed by atoms with Gasteiger partial charge >= 0.3 is 0 Å². The minimum atomic E-state index is 0.460. The monoisotopic (exact) mass is 255 g/mol. The Morgan fingerprint density at radius 2 is 1.89 bits per heavy atom. The van der Waals surface area contributed by atoms with Crippen LogP contribution in [0.3, 0.4) is 0 Å². The van der Waals surface area contributed by atoms with Crippen LogP contribution in [0.15, 0.2) is 0 Å². The number of hydrogen-bond donors (Lipinski definition) is 1. The predicted molar refractivity (Wildman–Crippen MR) is 78.9 cm³/mol. The number of hydrogen-bond acceptors (Lipinski definition) is 2. The fraction of sp³-hybridized carbons (Fsp3) is 1.00. The van der Waals surface area contributed by atoms with Crippen molar-refractivity contribution in [2.75, 3.05) is 20.3 Å². The smallest absolute Gasteiger partial charge is 0.0469 e. The molecule has 0 radical (unpaired) electrons. The van der Waals surface area contributed by atoms with E-state index < -0.39 is 0 Å². The molecule has 2 heteroatoms. The zero-order chi connectivity index (χ0) is 13.6. The molecule has 1 aliphatic carbocycles. The lowest BCUT2D eigenvalue weighted by atomic mass is 9.67. The van der Waals surface area contributed by atoms with Crippen molar-refractivity contribution in [3.63, 3.8) is 0 Å². The Labute approximate surface area is 114 Å². The maximum absolute atomic E-state index is 5.67. The van der Waals surface area contributed by atoms with Crippen molar-refractivity contribution in [3.8, 4) is 0 Å². The van der Waals surface area contributed by atoms with Gasteiger partial charge in [-0.2, -0.15) is 0 Å². The van der Waals surface area contributed by atoms with Gasteiger partial charge in [-0.1, -0.05) is 27.7 Å². The van der Waals surface area contributed by atoms with Gasteiger partial charge in [-0.25, -0.2) is 0 Å². The Bertz CT molecular complexity index is 222. The summed E-state index contributed by atoms with van der Waals surface area (Å²) >= 11 is 0. The summed E-state index contributed by atoms with van der Waals surface area (Å²) in [6, 6.07) is 0.703. The highest BCUT2D eigenvalue weighted by atomic mass is 16.5. The van der Waals surface area contributed by atoms with Crippen LogP contribution in [0.4, 0.5) is 0 Å². The van der Waals surface area contributed by atoms with E-state index in [0.29, 0.717) is 11.5 Å². The first-order valence-electron chi connectivity index (χ1n) is 7.74. The maximum atomic E-state index is 5.67. The van der Waals surface area contributed by atoms with Crippen molar-refractivity contribution in [3.05, 3.63) is 0 Å². The van der Waals surface area contributed by atoms with E-state index in [0.717, 1.165) is 31.5 Å². The summed E-state index contributed by atoms with van der Waals surface area (Å²) < 4.78 is 5.67. The largest absolute Gasteiger partial charge is 0.381 e. The summed E-state index contributed by atoms with van der Waals surface area (Å²) in [5.41, 5.74) is 0.460. The molecule has 3 unspecified atom stereocenters. The second kappa shape index (κ2) is 7.49. The van der Waals surface area contributed by atoms with Gasteiger partial charge in [0.15, 0.2) is 0 Å². The van der Waals surface area contributed by atoms with Gasteiger partial charge in [0.05, 0.1) is 0 Å². The van der Waals surface area contributed by atoms with Gasteiger partial charge in [-0.3, -0.25) is 0 Å². The molecule has 0 amide bonds. The van der Waals surface area contributed by atoms with Gasteiger partial charge in [0.2, 0.25) is 0 Å². The van der Waals surface area contributed by atoms with Crippen molar-refractivity contribution >= 4 is 0 Å². The van der Waals surface area contributed by atoms with Crippen LogP contribution in [-0.4, -0.2) is 26.3 Å². The van der Waals surface area contributed by atoms with Crippen molar-refractivity contribution in [2.45, 2.75) is 65.8 Å². The Balaban J connectivity index is 2.43. The zero-order valence-corrected chi connectivity index (χ0v) is 13.1. The van der Waals surface area contributed by atoms with Gasteiger partial charge in [-0.05, 0) is 56.4 Å². The first-order valence-corrected chi connectivity index (χ1v) is 7.74. The van der Waals surface area contributed by atoms with Gasteiger partial charge in [0, 0.05) is 19.3 Å². The minimum Gasteiger partial charge on any atom is -0.381 e. The minimum absolute atomic E-state index is 0.460. The maximum Gasteiger partial charge on any atom is 0.0469 e. The second-order valence-corrected chi connectivity index (χ2v) is 6.93. The van der Waals surface area contributed by atoms with Crippen LogP contribution in [0.1, 0.15) is 59.8 Å². The summed E-state index contributed by atoms with van der Waals surface area (Å²) in [6.45, 7) is 11.2. The van der Waals surface area contributed by atoms with Crippen LogP contribution in [0.5, 0.6) is 0 Å². The molecule has 0 aliphatic heterocycles. The SMILES string of the molecule is CCCOCCC1CC(C(C)(C)C)CCC1NC. The van der Waals surface area contributed by atoms with Crippen molar-refractivity contribution in [2.24, 2.45) is 17.3 Å². The molecule has 2 nitrogen and oxygen atoms in total. The number of rotatable bonds is 6. The summed E-state index contributed by atoms with van der Waals surface area (Å²) in [4.78, 5) is 0. The van der Waals surface area contributed by atoms with Crippen LogP contribution >= 0.6 is 0 Å². The van der Waals surface area contributed by atoms with E-state index in [1.165, 1.54) is 25.7 Å². The lowest BCUT2D eigenvalue weighted by Crippen LogP contribution is -2.41. The first-order chi connectivity index (χ1) is 8.49. The molecule has 0 aromatic rings. The lowest BCUT2D eigenvalue weighted by Gasteiger charge is -2.42. The van der Waals surface area contributed by atoms with Gasteiger partial charge in [0.1, 0.15) is 0 Å². The number of nitrogens with one attached hydrogen (secondary N) is 1. The third-order valence-electron chi connectivity index (χ3n) is 4.56. The van der Waals surface area contributed by atoms with E-state index in [2.05, 4.69) is 40.1 Å². The van der Waals surface area contributed by atoms with Gasteiger partial charge < -0.3 is 10.1 Å². The van der Waals surface area contributed by atoms with E-state index in [4.69, 9.17) is 4.74 Å². The third kappa shape index (κ3) is 4.89. The molecule has 1 saturated carbocycles. The average molecular weight is 255 g/mol. The van der Waals surface area contributed by atoms with Gasteiger partial charge in [0.25, 0.3) is 0 Å². The molecule has 0 heterocycles. The molecular weight excluding hydrogens is 222 g/mol. The topological polar surface area (TPSA) is 21.3 Å². The van der Waals surface area contributed by atoms with E-state index >= 15 is 0 Å². The fourth-order valence-corrected chi connectivity index (χ4v) is 3.23. The molecule has 1 aliphatic rings. The normalized spacial score (nSPS) is 29.5. The fourth-order valence-electron chi connectivity index (χ4n) is 3.23. The molecule has 1 N–H and O–H groups in total. The molecule has 0 bridgehead atoms. The Morgan fingerprint density at radius 1 is 1.17 bits per heavy atom. The van der Waals surface area contributed by atoms with Crippen LogP contribution in [-0.2, 0) is 4.74 Å².